The molecule has 0 radical (unpaired) electrons. The van der Waals surface area contributed by atoms with Crippen LogP contribution in [0.1, 0.15) is 51.0 Å². The highest BCUT2D eigenvalue weighted by molar-refractivity contribution is 7.90. The van der Waals surface area contributed by atoms with Crippen molar-refractivity contribution in [2.45, 2.75) is 50.4 Å². The molecule has 1 aliphatic heterocycles. The molecule has 0 bridgehead atoms. The summed E-state index contributed by atoms with van der Waals surface area (Å²) < 4.78 is 48.9. The molecule has 1 aliphatic rings. The lowest BCUT2D eigenvalue weighted by molar-refractivity contribution is 0.124. The Balaban J connectivity index is 2.12. The minimum atomic E-state index is -3.85. The van der Waals surface area contributed by atoms with Crippen LogP contribution in [-0.2, 0) is 19.1 Å². The minimum Gasteiger partial charge on any atom is -0.497 e. The maximum atomic E-state index is 13.1. The lowest BCUT2D eigenvalue weighted by Crippen LogP contribution is -2.50. The molecule has 1 aromatic carbocycles. The Bertz CT molecular complexity index is 709. The number of nitrogens with zero attached hydrogens (tertiary/aromatic N) is 1. The predicted molar refractivity (Wildman–Crippen MR) is 99.7 cm³/mol. The second kappa shape index (κ2) is 8.76. The maximum Gasteiger partial charge on any atom is 0.696 e. The third kappa shape index (κ3) is 4.26. The Morgan fingerprint density at radius 1 is 1.19 bits per heavy atom. The summed E-state index contributed by atoms with van der Waals surface area (Å²) in [7, 11) is -5.23. The molecule has 9 heteroatoms. The maximum absolute atomic E-state index is 13.1. The van der Waals surface area contributed by atoms with Crippen LogP contribution in [0.25, 0.3) is 0 Å². The quantitative estimate of drug-likeness (QED) is 0.668. The standard InChI is InChI=1S/C17H26NO6PS/c1-4-17(5-2,24-25(19)20)26(21,22)18-12-10-15(11-13-18)14-6-8-16(23-3)9-7-14/h6-9,15H,4-5,10-13H2,1-3H3/p+1. The van der Waals surface area contributed by atoms with Gasteiger partial charge >= 0.3 is 8.25 Å². The zero-order valence-corrected chi connectivity index (χ0v) is 17.1. The lowest BCUT2D eigenvalue weighted by Gasteiger charge is -2.36. The van der Waals surface area contributed by atoms with Crippen molar-refractivity contribution in [1.29, 1.82) is 0 Å². The van der Waals surface area contributed by atoms with E-state index < -0.39 is 23.2 Å². The molecular weight excluding hydrogens is 377 g/mol. The zero-order chi connectivity index (χ0) is 19.4. The lowest BCUT2D eigenvalue weighted by atomic mass is 9.90. The first-order chi connectivity index (χ1) is 12.3. The smallest absolute Gasteiger partial charge is 0.497 e. The van der Waals surface area contributed by atoms with Crippen LogP contribution in [0.2, 0.25) is 0 Å². The summed E-state index contributed by atoms with van der Waals surface area (Å²) in [6.45, 7) is 4.05. The molecule has 26 heavy (non-hydrogen) atoms. The summed E-state index contributed by atoms with van der Waals surface area (Å²) in [6, 6.07) is 7.83. The average molecular weight is 404 g/mol. The van der Waals surface area contributed by atoms with E-state index in [1.54, 1.807) is 21.0 Å². The van der Waals surface area contributed by atoms with Gasteiger partial charge in [0.15, 0.2) is 0 Å². The first kappa shape index (κ1) is 21.3. The number of sulfonamides is 1. The third-order valence-electron chi connectivity index (χ3n) is 5.17. The molecule has 1 unspecified atom stereocenters. The summed E-state index contributed by atoms with van der Waals surface area (Å²) in [4.78, 5) is 7.49. The largest absolute Gasteiger partial charge is 0.696 e. The fourth-order valence-corrected chi connectivity index (χ4v) is 6.48. The number of piperidine rings is 1. The first-order valence-corrected chi connectivity index (χ1v) is 11.4. The van der Waals surface area contributed by atoms with Gasteiger partial charge in [-0.05, 0) is 49.3 Å². The summed E-state index contributed by atoms with van der Waals surface area (Å²) >= 11 is 0. The summed E-state index contributed by atoms with van der Waals surface area (Å²) in [5.74, 6) is 1.07. The number of rotatable bonds is 8. The molecule has 146 valence electrons. The Morgan fingerprint density at radius 2 is 1.73 bits per heavy atom. The molecule has 1 atom stereocenters. The highest BCUT2D eigenvalue weighted by Crippen LogP contribution is 2.40. The third-order valence-corrected chi connectivity index (χ3v) is 8.45. The van der Waals surface area contributed by atoms with Crippen LogP contribution in [0.5, 0.6) is 5.75 Å². The van der Waals surface area contributed by atoms with Gasteiger partial charge < -0.3 is 4.74 Å². The topological polar surface area (TPSA) is 93.1 Å². The number of ether oxygens (including phenoxy) is 1. The number of hydrogen-bond acceptors (Lipinski definition) is 5. The van der Waals surface area contributed by atoms with Crippen LogP contribution in [0.15, 0.2) is 24.3 Å². The highest BCUT2D eigenvalue weighted by atomic mass is 32.2. The molecule has 1 N–H and O–H groups in total. The predicted octanol–water partition coefficient (Wildman–Crippen LogP) is 3.39. The van der Waals surface area contributed by atoms with Gasteiger partial charge in [-0.15, -0.1) is 4.89 Å². The van der Waals surface area contributed by atoms with Crippen molar-refractivity contribution in [3.63, 3.8) is 0 Å². The van der Waals surface area contributed by atoms with Gasteiger partial charge in [-0.25, -0.2) is 8.42 Å². The van der Waals surface area contributed by atoms with E-state index >= 15 is 0 Å². The van der Waals surface area contributed by atoms with E-state index in [1.165, 1.54) is 4.31 Å². The number of benzene rings is 1. The van der Waals surface area contributed by atoms with Crippen LogP contribution < -0.4 is 4.74 Å². The van der Waals surface area contributed by atoms with Crippen molar-refractivity contribution in [1.82, 2.24) is 4.31 Å². The molecule has 0 saturated carbocycles. The van der Waals surface area contributed by atoms with E-state index in [0.717, 1.165) is 11.3 Å². The van der Waals surface area contributed by atoms with Crippen molar-refractivity contribution in [3.05, 3.63) is 29.8 Å². The van der Waals surface area contributed by atoms with Crippen LogP contribution in [0.4, 0.5) is 0 Å². The molecule has 0 amide bonds. The molecule has 7 nitrogen and oxygen atoms in total. The van der Waals surface area contributed by atoms with Crippen molar-refractivity contribution in [2.24, 2.45) is 0 Å². The van der Waals surface area contributed by atoms with E-state index in [0.29, 0.717) is 25.9 Å². The Hall–Kier alpha value is -1.05. The Labute approximate surface area is 156 Å². The fourth-order valence-electron chi connectivity index (χ4n) is 3.47. The van der Waals surface area contributed by atoms with Crippen LogP contribution in [0.3, 0.4) is 0 Å². The van der Waals surface area contributed by atoms with Gasteiger partial charge in [0.1, 0.15) is 5.75 Å². The number of methoxy groups -OCH3 is 1. The minimum absolute atomic E-state index is 0.117. The van der Waals surface area contributed by atoms with Gasteiger partial charge in [-0.1, -0.05) is 30.5 Å². The fraction of sp³-hybridized carbons (Fsp3) is 0.647. The second-order valence-corrected chi connectivity index (χ2v) is 9.27. The molecule has 1 heterocycles. The second-order valence-electron chi connectivity index (χ2n) is 6.40. The first-order valence-electron chi connectivity index (χ1n) is 8.78. The molecule has 2 rings (SSSR count). The molecule has 0 aliphatic carbocycles. The Kier molecular flexibility index (Phi) is 7.16. The van der Waals surface area contributed by atoms with Crippen LogP contribution in [0, 0.1) is 0 Å². The van der Waals surface area contributed by atoms with Gasteiger partial charge in [-0.2, -0.15) is 4.31 Å². The molecule has 0 spiro atoms. The van der Waals surface area contributed by atoms with Crippen LogP contribution in [-0.4, -0.2) is 42.7 Å². The molecule has 1 saturated heterocycles. The summed E-state index contributed by atoms with van der Waals surface area (Å²) in [6.07, 6.45) is 1.62. The van der Waals surface area contributed by atoms with E-state index in [-0.39, 0.29) is 18.8 Å². The average Bonchev–Trinajstić information content (AvgIpc) is 2.66. The van der Waals surface area contributed by atoms with Crippen molar-refractivity contribution >= 4 is 18.3 Å². The number of hydrogen-bond donors (Lipinski definition) is 1. The van der Waals surface area contributed by atoms with Crippen LogP contribution >= 0.6 is 8.25 Å². The summed E-state index contributed by atoms with van der Waals surface area (Å²) in [5, 5.41) is 0. The SMILES string of the molecule is CCC(CC)(O[P+](=O)O)S(=O)(=O)N1CCC(c2ccc(OC)cc2)CC1. The zero-order valence-electron chi connectivity index (χ0n) is 15.4. The molecule has 1 aromatic rings. The van der Waals surface area contributed by atoms with Crippen molar-refractivity contribution in [2.75, 3.05) is 20.2 Å². The van der Waals surface area contributed by atoms with E-state index in [1.807, 2.05) is 24.3 Å². The van der Waals surface area contributed by atoms with Gasteiger partial charge in [-0.3, -0.25) is 0 Å². The van der Waals surface area contributed by atoms with E-state index in [4.69, 9.17) is 14.2 Å². The molecular formula is C17H27NO6PS+. The monoisotopic (exact) mass is 404 g/mol. The highest BCUT2D eigenvalue weighted by Gasteiger charge is 2.52. The van der Waals surface area contributed by atoms with Gasteiger partial charge in [0.2, 0.25) is 15.0 Å². The van der Waals surface area contributed by atoms with Gasteiger partial charge in [0.25, 0.3) is 0 Å². The molecule has 1 fully saturated rings. The summed E-state index contributed by atoms with van der Waals surface area (Å²) in [5.41, 5.74) is 1.16. The van der Waals surface area contributed by atoms with Gasteiger partial charge in [0.05, 0.1) is 7.11 Å². The molecule has 0 aromatic heterocycles. The van der Waals surface area contributed by atoms with E-state index in [2.05, 4.69) is 0 Å². The van der Waals surface area contributed by atoms with Gasteiger partial charge in [0, 0.05) is 17.7 Å². The van der Waals surface area contributed by atoms with Crippen molar-refractivity contribution < 1.29 is 27.1 Å². The van der Waals surface area contributed by atoms with E-state index in [9.17, 15) is 13.0 Å². The Morgan fingerprint density at radius 3 is 2.15 bits per heavy atom. The van der Waals surface area contributed by atoms with Crippen molar-refractivity contribution in [3.8, 4) is 5.75 Å². The normalized spacial score (nSPS) is 17.9.